The molecule has 9 heteroatoms. The first kappa shape index (κ1) is 18.9. The van der Waals surface area contributed by atoms with Crippen LogP contribution in [-0.2, 0) is 0 Å². The standard InChI is InChI=1S/C22H13BN2O6/c26-19-12-6-1-2-7-13(12)20(27)24(19)17-11-5-10-16(23(30)31)18(17)25-21(28)14-8-3-4-9-15(14)22(25)29/h1-11,30-31H. The number of hydrogen-bond donors (Lipinski definition) is 2. The molecule has 8 nitrogen and oxygen atoms in total. The highest BCUT2D eigenvalue weighted by molar-refractivity contribution is 6.62. The molecule has 2 aliphatic heterocycles. The molecule has 0 spiro atoms. The van der Waals surface area contributed by atoms with Gasteiger partial charge >= 0.3 is 7.12 Å². The van der Waals surface area contributed by atoms with E-state index in [1.54, 1.807) is 24.3 Å². The molecule has 150 valence electrons. The number of carbonyl (C=O) groups excluding carboxylic acids is 4. The van der Waals surface area contributed by atoms with E-state index in [1.165, 1.54) is 42.5 Å². The maximum Gasteiger partial charge on any atom is 0.490 e. The molecule has 0 aliphatic carbocycles. The van der Waals surface area contributed by atoms with Crippen LogP contribution in [0, 0.1) is 0 Å². The van der Waals surface area contributed by atoms with Crippen molar-refractivity contribution in [3.8, 4) is 0 Å². The summed E-state index contributed by atoms with van der Waals surface area (Å²) in [6, 6.07) is 16.5. The van der Waals surface area contributed by atoms with Gasteiger partial charge in [-0.05, 0) is 30.3 Å². The molecule has 0 radical (unpaired) electrons. The summed E-state index contributed by atoms with van der Waals surface area (Å²) in [5.41, 5.74) is 0.130. The van der Waals surface area contributed by atoms with Gasteiger partial charge in [-0.3, -0.25) is 19.2 Å². The molecule has 3 aromatic rings. The van der Waals surface area contributed by atoms with Crippen molar-refractivity contribution in [2.75, 3.05) is 9.80 Å². The van der Waals surface area contributed by atoms with Gasteiger partial charge in [0.2, 0.25) is 0 Å². The first-order chi connectivity index (χ1) is 14.9. The molecular weight excluding hydrogens is 399 g/mol. The Morgan fingerprint density at radius 3 is 1.39 bits per heavy atom. The molecule has 2 heterocycles. The average Bonchev–Trinajstić information content (AvgIpc) is 3.18. The highest BCUT2D eigenvalue weighted by Gasteiger charge is 2.44. The topological polar surface area (TPSA) is 115 Å². The van der Waals surface area contributed by atoms with Crippen molar-refractivity contribution in [2.24, 2.45) is 0 Å². The fourth-order valence-electron chi connectivity index (χ4n) is 3.98. The lowest BCUT2D eigenvalue weighted by atomic mass is 9.78. The number of anilines is 2. The Balaban J connectivity index is 1.73. The third-order valence-electron chi connectivity index (χ3n) is 5.38. The minimum absolute atomic E-state index is 0.0914. The van der Waals surface area contributed by atoms with E-state index in [1.807, 2.05) is 0 Å². The average molecular weight is 412 g/mol. The first-order valence-electron chi connectivity index (χ1n) is 9.36. The van der Waals surface area contributed by atoms with E-state index in [-0.39, 0.29) is 39.1 Å². The van der Waals surface area contributed by atoms with E-state index in [9.17, 15) is 29.2 Å². The van der Waals surface area contributed by atoms with Crippen LogP contribution in [0.2, 0.25) is 0 Å². The number of para-hydroxylation sites is 1. The number of amides is 4. The quantitative estimate of drug-likeness (QED) is 0.490. The minimum atomic E-state index is -2.06. The Morgan fingerprint density at radius 2 is 0.968 bits per heavy atom. The molecule has 0 bridgehead atoms. The fourth-order valence-corrected chi connectivity index (χ4v) is 3.98. The van der Waals surface area contributed by atoms with Crippen LogP contribution in [0.3, 0.4) is 0 Å². The van der Waals surface area contributed by atoms with Crippen LogP contribution in [0.1, 0.15) is 41.4 Å². The molecule has 0 atom stereocenters. The summed E-state index contributed by atoms with van der Waals surface area (Å²) in [5.74, 6) is -2.65. The highest BCUT2D eigenvalue weighted by atomic mass is 16.4. The minimum Gasteiger partial charge on any atom is -0.423 e. The Labute approximate surface area is 176 Å². The largest absolute Gasteiger partial charge is 0.490 e. The number of benzene rings is 3. The number of carbonyl (C=O) groups is 4. The monoisotopic (exact) mass is 412 g/mol. The van der Waals surface area contributed by atoms with Crippen LogP contribution < -0.4 is 15.3 Å². The van der Waals surface area contributed by atoms with Crippen molar-refractivity contribution in [2.45, 2.75) is 0 Å². The smallest absolute Gasteiger partial charge is 0.423 e. The maximum absolute atomic E-state index is 13.1. The summed E-state index contributed by atoms with van der Waals surface area (Å²) >= 11 is 0. The van der Waals surface area contributed by atoms with Gasteiger partial charge in [-0.1, -0.05) is 36.4 Å². The Kier molecular flexibility index (Phi) is 4.11. The van der Waals surface area contributed by atoms with E-state index >= 15 is 0 Å². The zero-order chi connectivity index (χ0) is 21.9. The normalized spacial score (nSPS) is 14.9. The van der Waals surface area contributed by atoms with Gasteiger partial charge in [0, 0.05) is 5.46 Å². The molecule has 0 fully saturated rings. The molecule has 2 N–H and O–H groups in total. The molecule has 0 saturated carbocycles. The Bertz CT molecular complexity index is 1250. The van der Waals surface area contributed by atoms with Crippen molar-refractivity contribution in [3.63, 3.8) is 0 Å². The van der Waals surface area contributed by atoms with Crippen LogP contribution in [0.15, 0.2) is 66.7 Å². The van der Waals surface area contributed by atoms with Crippen molar-refractivity contribution >= 4 is 47.6 Å². The summed E-state index contributed by atoms with van der Waals surface area (Å²) in [5, 5.41) is 19.9. The van der Waals surface area contributed by atoms with Crippen LogP contribution in [-0.4, -0.2) is 40.8 Å². The second-order valence-corrected chi connectivity index (χ2v) is 7.07. The van der Waals surface area contributed by atoms with Crippen LogP contribution >= 0.6 is 0 Å². The third kappa shape index (κ3) is 2.57. The lowest BCUT2D eigenvalue weighted by Gasteiger charge is -2.25. The molecule has 0 aromatic heterocycles. The number of imide groups is 2. The molecule has 4 amide bonds. The second kappa shape index (κ2) is 6.73. The lowest BCUT2D eigenvalue weighted by molar-refractivity contribution is 0.0904. The molecule has 3 aromatic carbocycles. The van der Waals surface area contributed by atoms with Gasteiger partial charge < -0.3 is 10.0 Å². The van der Waals surface area contributed by atoms with E-state index in [4.69, 9.17) is 0 Å². The summed E-state index contributed by atoms with van der Waals surface area (Å²) in [6.45, 7) is 0. The molecule has 31 heavy (non-hydrogen) atoms. The molecule has 0 saturated heterocycles. The highest BCUT2D eigenvalue weighted by Crippen LogP contribution is 2.38. The van der Waals surface area contributed by atoms with E-state index < -0.39 is 30.7 Å². The lowest BCUT2D eigenvalue weighted by Crippen LogP contribution is -2.42. The number of fused-ring (bicyclic) bond motifs is 2. The van der Waals surface area contributed by atoms with Gasteiger partial charge in [0.15, 0.2) is 0 Å². The van der Waals surface area contributed by atoms with Crippen molar-refractivity contribution in [3.05, 3.63) is 89.0 Å². The maximum atomic E-state index is 13.1. The van der Waals surface area contributed by atoms with Gasteiger partial charge in [-0.15, -0.1) is 0 Å². The van der Waals surface area contributed by atoms with Crippen molar-refractivity contribution in [1.29, 1.82) is 0 Å². The van der Waals surface area contributed by atoms with Crippen LogP contribution in [0.4, 0.5) is 11.4 Å². The number of nitrogens with zero attached hydrogens (tertiary/aromatic N) is 2. The van der Waals surface area contributed by atoms with E-state index in [0.717, 1.165) is 9.80 Å². The fraction of sp³-hybridized carbons (Fsp3) is 0. The molecule has 0 unspecified atom stereocenters. The zero-order valence-corrected chi connectivity index (χ0v) is 15.9. The Hall–Kier alpha value is -4.08. The zero-order valence-electron chi connectivity index (χ0n) is 15.9. The van der Waals surface area contributed by atoms with Gasteiger partial charge in [-0.25, -0.2) is 9.80 Å². The third-order valence-corrected chi connectivity index (χ3v) is 5.38. The number of rotatable bonds is 3. The summed E-state index contributed by atoms with van der Waals surface area (Å²) in [7, 11) is -2.06. The molecule has 5 rings (SSSR count). The van der Waals surface area contributed by atoms with Crippen molar-refractivity contribution in [1.82, 2.24) is 0 Å². The predicted molar refractivity (Wildman–Crippen MR) is 111 cm³/mol. The summed E-state index contributed by atoms with van der Waals surface area (Å²) in [4.78, 5) is 53.8. The second-order valence-electron chi connectivity index (χ2n) is 7.07. The van der Waals surface area contributed by atoms with E-state index in [2.05, 4.69) is 0 Å². The van der Waals surface area contributed by atoms with Gasteiger partial charge in [-0.2, -0.15) is 0 Å². The van der Waals surface area contributed by atoms with E-state index in [0.29, 0.717) is 0 Å². The molecule has 2 aliphatic rings. The van der Waals surface area contributed by atoms with Crippen LogP contribution in [0.25, 0.3) is 0 Å². The van der Waals surface area contributed by atoms with Crippen molar-refractivity contribution < 1.29 is 29.2 Å². The summed E-state index contributed by atoms with van der Waals surface area (Å²) in [6.07, 6.45) is 0. The van der Waals surface area contributed by atoms with Crippen LogP contribution in [0.5, 0.6) is 0 Å². The predicted octanol–water partition coefficient (Wildman–Crippen LogP) is 0.968. The Morgan fingerprint density at radius 1 is 0.548 bits per heavy atom. The number of hydrogen-bond acceptors (Lipinski definition) is 6. The SMILES string of the molecule is O=C1c2ccccc2C(=O)N1c1cccc(B(O)O)c1N1C(=O)c2ccccc2C1=O. The molecular formula is C22H13BN2O6. The van der Waals surface area contributed by atoms with Gasteiger partial charge in [0.1, 0.15) is 0 Å². The first-order valence-corrected chi connectivity index (χ1v) is 9.36. The summed E-state index contributed by atoms with van der Waals surface area (Å²) < 4.78 is 0. The van der Waals surface area contributed by atoms with Gasteiger partial charge in [0.05, 0.1) is 33.6 Å². The van der Waals surface area contributed by atoms with Gasteiger partial charge in [0.25, 0.3) is 23.6 Å².